The van der Waals surface area contributed by atoms with Gasteiger partial charge in [-0.15, -0.1) is 0 Å². The van der Waals surface area contributed by atoms with Gasteiger partial charge in [-0.2, -0.15) is 0 Å². The number of amides is 1. The molecule has 6 nitrogen and oxygen atoms in total. The molecule has 1 amide bonds. The van der Waals surface area contributed by atoms with Crippen LogP contribution in [0.15, 0.2) is 91.1 Å². The van der Waals surface area contributed by atoms with Crippen LogP contribution < -0.4 is 10.6 Å². The normalized spacial score (nSPS) is 11.1. The Morgan fingerprint density at radius 3 is 2.33 bits per heavy atom. The van der Waals surface area contributed by atoms with Gasteiger partial charge in [0.25, 0.3) is 5.91 Å². The minimum absolute atomic E-state index is 0.211. The van der Waals surface area contributed by atoms with E-state index in [0.29, 0.717) is 23.4 Å². The van der Waals surface area contributed by atoms with E-state index >= 15 is 0 Å². The molecule has 0 aliphatic heterocycles. The number of hydrogen-bond acceptors (Lipinski definition) is 5. The fourth-order valence-corrected chi connectivity index (χ4v) is 4.49. The van der Waals surface area contributed by atoms with Crippen LogP contribution in [-0.2, 0) is 10.7 Å². The maximum Gasteiger partial charge on any atom is 0.255 e. The molecule has 0 aliphatic carbocycles. The Morgan fingerprint density at radius 2 is 1.61 bits per heavy atom. The van der Waals surface area contributed by atoms with Crippen molar-refractivity contribution in [2.24, 2.45) is 0 Å². The minimum Gasteiger partial charge on any atom is -0.324 e. The zero-order valence-corrected chi connectivity index (χ0v) is 19.4. The molecule has 0 saturated carbocycles. The molecular formula is C26H25N4O2P. The molecule has 33 heavy (non-hydrogen) atoms. The monoisotopic (exact) mass is 456 g/mol. The van der Waals surface area contributed by atoms with Crippen LogP contribution in [0.4, 0.5) is 17.3 Å². The van der Waals surface area contributed by atoms with Crippen LogP contribution >= 0.6 is 7.14 Å². The highest BCUT2D eigenvalue weighted by Crippen LogP contribution is 2.40. The molecule has 0 bridgehead atoms. The van der Waals surface area contributed by atoms with E-state index in [1.165, 1.54) is 0 Å². The highest BCUT2D eigenvalue weighted by molar-refractivity contribution is 7.61. The summed E-state index contributed by atoms with van der Waals surface area (Å²) in [5.74, 6) is 0.261. The van der Waals surface area contributed by atoms with Gasteiger partial charge < -0.3 is 15.2 Å². The third kappa shape index (κ3) is 6.37. The smallest absolute Gasteiger partial charge is 0.255 e. The van der Waals surface area contributed by atoms with Crippen molar-refractivity contribution in [2.75, 3.05) is 24.0 Å². The van der Waals surface area contributed by atoms with Crippen LogP contribution in [0, 0.1) is 0 Å². The maximum atomic E-state index is 12.7. The van der Waals surface area contributed by atoms with Gasteiger partial charge in [-0.1, -0.05) is 48.5 Å². The second-order valence-corrected chi connectivity index (χ2v) is 11.7. The van der Waals surface area contributed by atoms with Crippen molar-refractivity contribution < 1.29 is 9.36 Å². The van der Waals surface area contributed by atoms with Gasteiger partial charge >= 0.3 is 0 Å². The standard InChI is InChI=1S/C26H25N4O2P/c1-33(2,32)18-19-11-13-21(14-12-19)25(31)28-22-9-6-10-23(17-22)29-26-27-16-15-24(30-26)20-7-4-3-5-8-20/h3-17H,18H2,1-2H3,(H,28,31)(H,27,29,30). The highest BCUT2D eigenvalue weighted by atomic mass is 31.2. The number of rotatable bonds is 7. The molecule has 0 atom stereocenters. The van der Waals surface area contributed by atoms with Crippen molar-refractivity contribution in [1.82, 2.24) is 9.97 Å². The molecule has 0 unspecified atom stereocenters. The number of nitrogens with zero attached hydrogens (tertiary/aromatic N) is 2. The van der Waals surface area contributed by atoms with E-state index < -0.39 is 7.14 Å². The summed E-state index contributed by atoms with van der Waals surface area (Å²) in [5.41, 5.74) is 4.75. The zero-order chi connectivity index (χ0) is 23.3. The van der Waals surface area contributed by atoms with Crippen molar-refractivity contribution in [3.63, 3.8) is 0 Å². The van der Waals surface area contributed by atoms with Crippen LogP contribution in [-0.4, -0.2) is 29.2 Å². The van der Waals surface area contributed by atoms with Gasteiger partial charge in [0, 0.05) is 34.9 Å². The lowest BCUT2D eigenvalue weighted by atomic mass is 10.1. The number of aromatic nitrogens is 2. The van der Waals surface area contributed by atoms with Crippen molar-refractivity contribution in [1.29, 1.82) is 0 Å². The summed E-state index contributed by atoms with van der Waals surface area (Å²) in [6.45, 7) is 3.52. The summed E-state index contributed by atoms with van der Waals surface area (Å²) in [7, 11) is -2.15. The molecule has 0 aliphatic rings. The van der Waals surface area contributed by atoms with E-state index in [1.807, 2.05) is 72.8 Å². The molecule has 0 saturated heterocycles. The molecule has 0 fully saturated rings. The van der Waals surface area contributed by atoms with E-state index in [1.54, 1.807) is 31.7 Å². The van der Waals surface area contributed by atoms with E-state index in [-0.39, 0.29) is 5.91 Å². The van der Waals surface area contributed by atoms with Crippen LogP contribution in [0.25, 0.3) is 11.3 Å². The first-order valence-electron chi connectivity index (χ1n) is 10.6. The predicted octanol–water partition coefficient (Wildman–Crippen LogP) is 6.26. The van der Waals surface area contributed by atoms with Gasteiger partial charge in [0.15, 0.2) is 0 Å². The Balaban J connectivity index is 1.44. The molecule has 166 valence electrons. The number of benzene rings is 3. The Labute approximate surface area is 193 Å². The first-order valence-corrected chi connectivity index (χ1v) is 13.3. The van der Waals surface area contributed by atoms with Gasteiger partial charge in [0.2, 0.25) is 5.95 Å². The van der Waals surface area contributed by atoms with Crippen molar-refractivity contribution in [3.8, 4) is 11.3 Å². The third-order valence-corrected chi connectivity index (χ3v) is 6.01. The molecule has 1 aromatic heterocycles. The predicted molar refractivity (Wildman–Crippen MR) is 135 cm³/mol. The first-order chi connectivity index (χ1) is 15.9. The lowest BCUT2D eigenvalue weighted by Gasteiger charge is -2.10. The molecule has 4 aromatic rings. The fraction of sp³-hybridized carbons (Fsp3) is 0.115. The van der Waals surface area contributed by atoms with Gasteiger partial charge in [-0.3, -0.25) is 4.79 Å². The summed E-state index contributed by atoms with van der Waals surface area (Å²) in [6, 6.07) is 26.4. The largest absolute Gasteiger partial charge is 0.324 e. The quantitative estimate of drug-likeness (QED) is 0.321. The second-order valence-electron chi connectivity index (χ2n) is 8.22. The first kappa shape index (κ1) is 22.4. The Bertz CT molecular complexity index is 1300. The van der Waals surface area contributed by atoms with Crippen molar-refractivity contribution >= 4 is 30.4 Å². The summed E-state index contributed by atoms with van der Waals surface area (Å²) in [4.78, 5) is 21.6. The average Bonchev–Trinajstić information content (AvgIpc) is 2.79. The summed E-state index contributed by atoms with van der Waals surface area (Å²) in [6.07, 6.45) is 2.24. The van der Waals surface area contributed by atoms with Crippen molar-refractivity contribution in [3.05, 3.63) is 102 Å². The molecule has 1 heterocycles. The fourth-order valence-electron chi connectivity index (χ4n) is 3.40. The summed E-state index contributed by atoms with van der Waals surface area (Å²) in [5, 5.41) is 6.11. The number of nitrogens with one attached hydrogen (secondary N) is 2. The Hall–Kier alpha value is -3.76. The van der Waals surface area contributed by atoms with Gasteiger partial charge in [-0.25, -0.2) is 9.97 Å². The number of carbonyl (C=O) groups excluding carboxylic acids is 1. The number of hydrogen-bond donors (Lipinski definition) is 2. The lowest BCUT2D eigenvalue weighted by Crippen LogP contribution is -2.12. The molecule has 2 N–H and O–H groups in total. The average molecular weight is 456 g/mol. The van der Waals surface area contributed by atoms with Gasteiger partial charge in [0.05, 0.1) is 12.8 Å². The molecular weight excluding hydrogens is 431 g/mol. The number of carbonyl (C=O) groups is 1. The van der Waals surface area contributed by atoms with Crippen molar-refractivity contribution in [2.45, 2.75) is 6.16 Å². The molecule has 3 aromatic carbocycles. The molecule has 4 rings (SSSR count). The third-order valence-electron chi connectivity index (χ3n) is 4.88. The van der Waals surface area contributed by atoms with Gasteiger partial charge in [0.1, 0.15) is 0 Å². The zero-order valence-electron chi connectivity index (χ0n) is 18.5. The van der Waals surface area contributed by atoms with Gasteiger partial charge in [-0.05, 0) is 55.3 Å². The maximum absolute atomic E-state index is 12.7. The summed E-state index contributed by atoms with van der Waals surface area (Å²) < 4.78 is 12.0. The molecule has 0 radical (unpaired) electrons. The van der Waals surface area contributed by atoms with Crippen LogP contribution in [0.2, 0.25) is 0 Å². The Morgan fingerprint density at radius 1 is 0.879 bits per heavy atom. The molecule has 0 spiro atoms. The minimum atomic E-state index is -2.15. The highest BCUT2D eigenvalue weighted by Gasteiger charge is 2.11. The van der Waals surface area contributed by atoms with E-state index in [0.717, 1.165) is 22.5 Å². The number of anilines is 3. The van der Waals surface area contributed by atoms with E-state index in [9.17, 15) is 9.36 Å². The van der Waals surface area contributed by atoms with E-state index in [2.05, 4.69) is 20.6 Å². The SMILES string of the molecule is CP(C)(=O)Cc1ccc(C(=O)Nc2cccc(Nc3nccc(-c4ccccc4)n3)c2)cc1. The van der Waals surface area contributed by atoms with E-state index in [4.69, 9.17) is 0 Å². The second kappa shape index (κ2) is 9.80. The van der Waals surface area contributed by atoms with Crippen LogP contribution in [0.5, 0.6) is 0 Å². The molecule has 7 heteroatoms. The lowest BCUT2D eigenvalue weighted by molar-refractivity contribution is 0.102. The summed E-state index contributed by atoms with van der Waals surface area (Å²) >= 11 is 0. The Kier molecular flexibility index (Phi) is 6.66. The van der Waals surface area contributed by atoms with Crippen LogP contribution in [0.1, 0.15) is 15.9 Å². The van der Waals surface area contributed by atoms with Crippen LogP contribution in [0.3, 0.4) is 0 Å². The topological polar surface area (TPSA) is 84.0 Å².